The summed E-state index contributed by atoms with van der Waals surface area (Å²) in [5, 5.41) is 10.7. The van der Waals surface area contributed by atoms with Crippen molar-refractivity contribution < 1.29 is 4.42 Å². The average Bonchev–Trinajstić information content (AvgIpc) is 2.45. The highest BCUT2D eigenvalue weighted by molar-refractivity contribution is 6.15. The Bertz CT molecular complexity index is 5420. The first-order valence-corrected chi connectivity index (χ1v) is 29.7. The van der Waals surface area contributed by atoms with E-state index < -0.39 is 5.41 Å². The maximum absolute atomic E-state index is 7.31. The van der Waals surface area contributed by atoms with Gasteiger partial charge in [-0.25, -0.2) is 15.0 Å². The monoisotopic (exact) mass is 1090 g/mol. The topological polar surface area (TPSA) is 71.5 Å². The fourth-order valence-corrected chi connectivity index (χ4v) is 16.1. The summed E-state index contributed by atoms with van der Waals surface area (Å²) in [6.07, 6.45) is 4.79. The van der Waals surface area contributed by atoms with Gasteiger partial charge in [-0.2, -0.15) is 0 Å². The van der Waals surface area contributed by atoms with Crippen molar-refractivity contribution in [2.24, 2.45) is 5.92 Å². The predicted octanol–water partition coefficient (Wildman–Crippen LogP) is 19.3. The van der Waals surface area contributed by atoms with E-state index in [-0.39, 0.29) is 17.8 Å². The Labute approximate surface area is 488 Å². The minimum absolute atomic E-state index is 0.0411. The molecular weight excluding hydrogens is 1040 g/mol. The van der Waals surface area contributed by atoms with Crippen LogP contribution in [0.2, 0.25) is 0 Å². The third-order valence-electron chi connectivity index (χ3n) is 19.6. The molecule has 4 unspecified atom stereocenters. The standard InChI is InChI=1S/C77H53N7O/c1-43-38-39-77(4)70-45(3)71-69(44(2)68(43)70)59-42-49(34-37-66(59)84(71)67-31-17-25-55-54-24-16-26-56(72(54)85-73(55)67)75-78-74(79-76(77)80-75)46-18-6-5-7-19-46)83-64-35-32-47(81-60-27-12-8-20-50(60)51-21-9-13-28-61(51)81)40-57(64)58-41-48(33-36-65(58)83)82-62-29-14-10-22-52(62)53-23-11-15-30-63(53)82/h5-45H,1-4H3. The molecule has 0 saturated carbocycles. The second-order valence-corrected chi connectivity index (χ2v) is 24.1. The van der Waals surface area contributed by atoms with Gasteiger partial charge in [-0.3, -0.25) is 0 Å². The molecule has 2 aliphatic carbocycles. The summed E-state index contributed by atoms with van der Waals surface area (Å²) < 4.78 is 17.3. The first-order chi connectivity index (χ1) is 41.8. The lowest BCUT2D eigenvalue weighted by Crippen LogP contribution is -2.37. The molecule has 19 rings (SSSR count). The smallest absolute Gasteiger partial charge is 0.167 e. The van der Waals surface area contributed by atoms with Crippen molar-refractivity contribution in [2.45, 2.75) is 44.9 Å². The normalized spacial score (nSPS) is 18.2. The van der Waals surface area contributed by atoms with Gasteiger partial charge in [-0.15, -0.1) is 0 Å². The molecule has 0 amide bonds. The number of para-hydroxylation sites is 6. The van der Waals surface area contributed by atoms with E-state index in [4.69, 9.17) is 19.4 Å². The van der Waals surface area contributed by atoms with Crippen LogP contribution in [0.3, 0.4) is 0 Å². The van der Waals surface area contributed by atoms with Gasteiger partial charge in [0.1, 0.15) is 11.4 Å². The number of furan rings is 1. The van der Waals surface area contributed by atoms with Gasteiger partial charge in [-0.1, -0.05) is 166 Å². The van der Waals surface area contributed by atoms with Gasteiger partial charge in [0, 0.05) is 88.6 Å². The quantitative estimate of drug-likeness (QED) is 0.165. The summed E-state index contributed by atoms with van der Waals surface area (Å²) in [6.45, 7) is 9.58. The molecular formula is C77H53N7O. The van der Waals surface area contributed by atoms with E-state index in [0.717, 1.165) is 78.2 Å². The zero-order chi connectivity index (χ0) is 56.1. The molecule has 6 bridgehead atoms. The second kappa shape index (κ2) is 16.8. The lowest BCUT2D eigenvalue weighted by molar-refractivity contribution is 0.512. The molecule has 7 heterocycles. The third-order valence-corrected chi connectivity index (χ3v) is 19.6. The van der Waals surface area contributed by atoms with Crippen molar-refractivity contribution in [1.29, 1.82) is 0 Å². The van der Waals surface area contributed by atoms with Crippen LogP contribution in [0, 0.1) is 5.92 Å². The summed E-state index contributed by atoms with van der Waals surface area (Å²) in [5.41, 5.74) is 20.7. The van der Waals surface area contributed by atoms with Crippen LogP contribution in [0.4, 0.5) is 0 Å². The number of allylic oxidation sites excluding steroid dienone is 4. The number of rotatable bonds is 4. The minimum atomic E-state index is -0.665. The number of fused-ring (bicyclic) bond motifs is 18. The van der Waals surface area contributed by atoms with E-state index in [1.165, 1.54) is 82.2 Å². The van der Waals surface area contributed by atoms with Gasteiger partial charge in [-0.05, 0) is 115 Å². The molecule has 8 heteroatoms. The average molecular weight is 1090 g/mol. The molecule has 16 aromatic rings. The highest BCUT2D eigenvalue weighted by Crippen LogP contribution is 2.58. The first kappa shape index (κ1) is 47.0. The maximum atomic E-state index is 7.31. The van der Waals surface area contributed by atoms with E-state index in [1.807, 2.05) is 6.07 Å². The van der Waals surface area contributed by atoms with Crippen molar-refractivity contribution in [3.63, 3.8) is 0 Å². The van der Waals surface area contributed by atoms with Gasteiger partial charge >= 0.3 is 0 Å². The lowest BCUT2D eigenvalue weighted by Gasteiger charge is -2.44. The molecule has 4 atom stereocenters. The second-order valence-electron chi connectivity index (χ2n) is 24.1. The Morgan fingerprint density at radius 2 is 0.871 bits per heavy atom. The SMILES string of the molecule is CC1C=CC2(C)C3=C1C(C)c1c(n(c4ccc(-n5c6ccc(-n7c8ccccc8c8ccccc87)cc6c6cc(-n7c8ccccc8c8ccccc87)ccc65)cc14)-c1cccc4c1oc1c(cccc14)-c1nc(-c4ccccc4)nc2n1)C3C. The Balaban J connectivity index is 0.894. The van der Waals surface area contributed by atoms with E-state index in [2.05, 4.69) is 270 Å². The van der Waals surface area contributed by atoms with E-state index >= 15 is 0 Å². The number of hydrogen-bond acceptors (Lipinski definition) is 4. The molecule has 0 spiro atoms. The van der Waals surface area contributed by atoms with Crippen LogP contribution in [-0.4, -0.2) is 33.2 Å². The van der Waals surface area contributed by atoms with Gasteiger partial charge < -0.3 is 22.7 Å². The van der Waals surface area contributed by atoms with Crippen LogP contribution >= 0.6 is 0 Å². The predicted molar refractivity (Wildman–Crippen MR) is 347 cm³/mol. The van der Waals surface area contributed by atoms with Crippen LogP contribution in [0.1, 0.15) is 56.6 Å². The van der Waals surface area contributed by atoms with Crippen LogP contribution < -0.4 is 0 Å². The zero-order valence-corrected chi connectivity index (χ0v) is 47.2. The molecule has 85 heavy (non-hydrogen) atoms. The lowest BCUT2D eigenvalue weighted by atomic mass is 9.60. The van der Waals surface area contributed by atoms with Crippen LogP contribution in [0.15, 0.2) is 246 Å². The zero-order valence-electron chi connectivity index (χ0n) is 47.2. The van der Waals surface area contributed by atoms with Crippen LogP contribution in [0.25, 0.3) is 144 Å². The molecule has 10 aromatic carbocycles. The Hall–Kier alpha value is -10.6. The van der Waals surface area contributed by atoms with E-state index in [0.29, 0.717) is 11.6 Å². The van der Waals surface area contributed by atoms with Crippen LogP contribution in [-0.2, 0) is 5.41 Å². The fourth-order valence-electron chi connectivity index (χ4n) is 16.1. The number of aromatic nitrogens is 7. The molecule has 8 nitrogen and oxygen atoms in total. The van der Waals surface area contributed by atoms with Crippen LogP contribution in [0.5, 0.6) is 0 Å². The first-order valence-electron chi connectivity index (χ1n) is 29.7. The number of hydrogen-bond donors (Lipinski definition) is 0. The molecule has 3 aliphatic rings. The summed E-state index contributed by atoms with van der Waals surface area (Å²) >= 11 is 0. The van der Waals surface area contributed by atoms with Gasteiger partial charge in [0.2, 0.25) is 0 Å². The van der Waals surface area contributed by atoms with E-state index in [9.17, 15) is 0 Å². The van der Waals surface area contributed by atoms with Crippen molar-refractivity contribution in [2.75, 3.05) is 0 Å². The molecule has 6 aromatic heterocycles. The molecule has 0 fully saturated rings. The van der Waals surface area contributed by atoms with Gasteiger partial charge in [0.25, 0.3) is 0 Å². The minimum Gasteiger partial charge on any atom is -0.453 e. The van der Waals surface area contributed by atoms with Gasteiger partial charge in [0.15, 0.2) is 17.2 Å². The molecule has 0 radical (unpaired) electrons. The molecule has 402 valence electrons. The molecule has 1 aliphatic heterocycles. The third kappa shape index (κ3) is 6.17. The van der Waals surface area contributed by atoms with Crippen molar-refractivity contribution in [1.82, 2.24) is 33.2 Å². The largest absolute Gasteiger partial charge is 0.453 e. The summed E-state index contributed by atoms with van der Waals surface area (Å²) in [5.74, 6) is 2.16. The highest BCUT2D eigenvalue weighted by Gasteiger charge is 2.47. The Kier molecular flexibility index (Phi) is 9.28. The highest BCUT2D eigenvalue weighted by atomic mass is 16.3. The fraction of sp³-hybridized carbons (Fsp3) is 0.104. The molecule has 0 saturated heterocycles. The summed E-state index contributed by atoms with van der Waals surface area (Å²) in [4.78, 5) is 16.3. The number of nitrogens with zero attached hydrogens (tertiary/aromatic N) is 7. The van der Waals surface area contributed by atoms with Gasteiger partial charge in [0.05, 0.1) is 55.3 Å². The maximum Gasteiger partial charge on any atom is 0.167 e. The Morgan fingerprint density at radius 1 is 0.400 bits per heavy atom. The summed E-state index contributed by atoms with van der Waals surface area (Å²) in [7, 11) is 0. The summed E-state index contributed by atoms with van der Waals surface area (Å²) in [6, 6.07) is 80.0. The van der Waals surface area contributed by atoms with Crippen molar-refractivity contribution in [3.8, 4) is 45.5 Å². The number of benzene rings is 10. The van der Waals surface area contributed by atoms with Crippen molar-refractivity contribution in [3.05, 3.63) is 259 Å². The molecule has 0 N–H and O–H groups in total. The van der Waals surface area contributed by atoms with Crippen molar-refractivity contribution >= 4 is 98.3 Å². The Morgan fingerprint density at radius 3 is 1.45 bits per heavy atom. The van der Waals surface area contributed by atoms with E-state index in [1.54, 1.807) is 0 Å².